The largest absolute Gasteiger partial charge is 0.492 e. The maximum atomic E-state index is 12.2. The van der Waals surface area contributed by atoms with E-state index in [9.17, 15) is 4.79 Å². The Morgan fingerprint density at radius 3 is 2.77 bits per heavy atom. The summed E-state index contributed by atoms with van der Waals surface area (Å²) in [5, 5.41) is 3.72. The van der Waals surface area contributed by atoms with Crippen LogP contribution in [0.15, 0.2) is 48.5 Å². The first kappa shape index (κ1) is 14.9. The van der Waals surface area contributed by atoms with Crippen LogP contribution >= 0.6 is 11.6 Å². The van der Waals surface area contributed by atoms with Crippen LogP contribution in [0.2, 0.25) is 5.02 Å². The Hall–Kier alpha value is -2.00. The molecule has 0 spiro atoms. The van der Waals surface area contributed by atoms with Crippen LogP contribution in [-0.2, 0) is 17.6 Å². The van der Waals surface area contributed by atoms with E-state index < -0.39 is 0 Å². The number of benzene rings is 2. The fourth-order valence-electron chi connectivity index (χ4n) is 2.62. The predicted octanol–water partition coefficient (Wildman–Crippen LogP) is 3.25. The van der Waals surface area contributed by atoms with E-state index in [1.807, 2.05) is 48.5 Å². The molecule has 0 aliphatic carbocycles. The lowest BCUT2D eigenvalue weighted by molar-refractivity contribution is -0.126. The molecule has 1 N–H and O–H groups in total. The van der Waals surface area contributed by atoms with E-state index in [4.69, 9.17) is 16.3 Å². The summed E-state index contributed by atoms with van der Waals surface area (Å²) in [7, 11) is 0. The minimum absolute atomic E-state index is 0.0588. The second kappa shape index (κ2) is 6.84. The molecule has 22 heavy (non-hydrogen) atoms. The molecule has 4 heteroatoms. The third kappa shape index (κ3) is 3.60. The van der Waals surface area contributed by atoms with Crippen molar-refractivity contribution in [2.45, 2.75) is 12.8 Å². The Morgan fingerprint density at radius 1 is 1.18 bits per heavy atom. The highest BCUT2D eigenvalue weighted by Crippen LogP contribution is 2.26. The van der Waals surface area contributed by atoms with Crippen LogP contribution in [0.25, 0.3) is 0 Å². The molecule has 2 aromatic rings. The van der Waals surface area contributed by atoms with Crippen molar-refractivity contribution in [2.75, 3.05) is 13.2 Å². The Labute approximate surface area is 135 Å². The summed E-state index contributed by atoms with van der Waals surface area (Å²) in [6, 6.07) is 15.6. The molecule has 0 aromatic heterocycles. The molecule has 3 nitrogen and oxygen atoms in total. The number of hydrogen-bond acceptors (Lipinski definition) is 2. The van der Waals surface area contributed by atoms with E-state index in [2.05, 4.69) is 5.32 Å². The van der Waals surface area contributed by atoms with Crippen molar-refractivity contribution in [3.8, 4) is 5.75 Å². The molecule has 1 aliphatic heterocycles. The molecular weight excluding hydrogens is 298 g/mol. The first-order valence-electron chi connectivity index (χ1n) is 7.45. The smallest absolute Gasteiger partial charge is 0.226 e. The molecule has 0 radical (unpaired) electrons. The molecule has 2 aromatic carbocycles. The lowest BCUT2D eigenvalue weighted by atomic mass is 9.96. The van der Waals surface area contributed by atoms with E-state index >= 15 is 0 Å². The first-order valence-corrected chi connectivity index (χ1v) is 7.83. The van der Waals surface area contributed by atoms with Gasteiger partial charge in [0.05, 0.1) is 5.92 Å². The summed E-state index contributed by atoms with van der Waals surface area (Å²) in [6.45, 7) is 1.07. The monoisotopic (exact) mass is 315 g/mol. The molecule has 0 saturated carbocycles. The summed E-state index contributed by atoms with van der Waals surface area (Å²) >= 11 is 5.86. The Morgan fingerprint density at radius 2 is 1.95 bits per heavy atom. The van der Waals surface area contributed by atoms with Gasteiger partial charge in [0.2, 0.25) is 5.91 Å². The minimum atomic E-state index is -0.111. The molecule has 1 atom stereocenters. The van der Waals surface area contributed by atoms with Gasteiger partial charge in [-0.25, -0.2) is 0 Å². The number of ether oxygens (including phenoxy) is 1. The van der Waals surface area contributed by atoms with Crippen LogP contribution < -0.4 is 10.1 Å². The normalized spacial score (nSPS) is 16.5. The maximum Gasteiger partial charge on any atom is 0.226 e. The van der Waals surface area contributed by atoms with Gasteiger partial charge < -0.3 is 10.1 Å². The molecule has 1 amide bonds. The van der Waals surface area contributed by atoms with E-state index in [0.29, 0.717) is 13.2 Å². The van der Waals surface area contributed by atoms with Crippen LogP contribution in [0.1, 0.15) is 11.1 Å². The van der Waals surface area contributed by atoms with E-state index in [-0.39, 0.29) is 11.8 Å². The summed E-state index contributed by atoms with van der Waals surface area (Å²) in [6.07, 6.45) is 1.54. The molecule has 0 bridgehead atoms. The number of hydrogen-bond donors (Lipinski definition) is 1. The van der Waals surface area contributed by atoms with Crippen molar-refractivity contribution < 1.29 is 9.53 Å². The van der Waals surface area contributed by atoms with Gasteiger partial charge in [-0.1, -0.05) is 41.9 Å². The predicted molar refractivity (Wildman–Crippen MR) is 87.3 cm³/mol. The second-order valence-electron chi connectivity index (χ2n) is 5.49. The highest BCUT2D eigenvalue weighted by molar-refractivity contribution is 6.30. The van der Waals surface area contributed by atoms with Crippen molar-refractivity contribution in [1.29, 1.82) is 0 Å². The molecule has 0 saturated heterocycles. The third-order valence-electron chi connectivity index (χ3n) is 3.88. The average molecular weight is 316 g/mol. The van der Waals surface area contributed by atoms with Crippen LogP contribution in [0.4, 0.5) is 0 Å². The van der Waals surface area contributed by atoms with Gasteiger partial charge in [0, 0.05) is 11.6 Å². The van der Waals surface area contributed by atoms with Crippen LogP contribution in [0.3, 0.4) is 0 Å². The number of carbonyl (C=O) groups excluding carboxylic acids is 1. The number of rotatable bonds is 4. The zero-order chi connectivity index (χ0) is 15.4. The van der Waals surface area contributed by atoms with E-state index in [1.54, 1.807) is 0 Å². The van der Waals surface area contributed by atoms with E-state index in [1.165, 1.54) is 0 Å². The van der Waals surface area contributed by atoms with Crippen molar-refractivity contribution in [2.24, 2.45) is 5.92 Å². The number of halogens is 1. The van der Waals surface area contributed by atoms with Crippen molar-refractivity contribution in [3.05, 3.63) is 64.7 Å². The highest BCUT2D eigenvalue weighted by Gasteiger charge is 2.25. The second-order valence-corrected chi connectivity index (χ2v) is 5.92. The molecule has 1 aliphatic rings. The van der Waals surface area contributed by atoms with Crippen molar-refractivity contribution >= 4 is 17.5 Å². The van der Waals surface area contributed by atoms with Gasteiger partial charge in [-0.05, 0) is 42.2 Å². The molecule has 1 heterocycles. The number of carbonyl (C=O) groups is 1. The Kier molecular flexibility index (Phi) is 4.64. The fraction of sp³-hybridized carbons (Fsp3) is 0.278. The standard InChI is InChI=1S/C18H18ClNO2/c19-16-7-5-13(6-8-16)9-10-20-18(21)15-11-14-3-1-2-4-17(14)22-12-15/h1-8,15H,9-12H2,(H,20,21). The molecule has 114 valence electrons. The van der Waals surface area contributed by atoms with Gasteiger partial charge in [-0.2, -0.15) is 0 Å². The average Bonchev–Trinajstić information content (AvgIpc) is 2.56. The minimum Gasteiger partial charge on any atom is -0.492 e. The van der Waals surface area contributed by atoms with E-state index in [0.717, 1.165) is 34.7 Å². The van der Waals surface area contributed by atoms with Gasteiger partial charge >= 0.3 is 0 Å². The van der Waals surface area contributed by atoms with Gasteiger partial charge in [0.25, 0.3) is 0 Å². The molecular formula is C18H18ClNO2. The van der Waals surface area contributed by atoms with Gasteiger partial charge in [0.15, 0.2) is 0 Å². The first-order chi connectivity index (χ1) is 10.7. The molecule has 1 unspecified atom stereocenters. The highest BCUT2D eigenvalue weighted by atomic mass is 35.5. The number of fused-ring (bicyclic) bond motifs is 1. The topological polar surface area (TPSA) is 38.3 Å². The SMILES string of the molecule is O=C(NCCc1ccc(Cl)cc1)C1COc2ccccc2C1. The summed E-state index contributed by atoms with van der Waals surface area (Å²) < 4.78 is 5.66. The third-order valence-corrected chi connectivity index (χ3v) is 4.13. The van der Waals surface area contributed by atoms with Crippen molar-refractivity contribution in [1.82, 2.24) is 5.32 Å². The fourth-order valence-corrected chi connectivity index (χ4v) is 2.75. The lowest BCUT2D eigenvalue weighted by Gasteiger charge is -2.24. The summed E-state index contributed by atoms with van der Waals surface area (Å²) in [5.41, 5.74) is 2.27. The molecule has 0 fully saturated rings. The van der Waals surface area contributed by atoms with Gasteiger partial charge in [-0.3, -0.25) is 4.79 Å². The maximum absolute atomic E-state index is 12.2. The quantitative estimate of drug-likeness (QED) is 0.940. The molecule has 3 rings (SSSR count). The van der Waals surface area contributed by atoms with Gasteiger partial charge in [-0.15, -0.1) is 0 Å². The number of nitrogens with one attached hydrogen (secondary N) is 1. The Balaban J connectivity index is 1.50. The zero-order valence-corrected chi connectivity index (χ0v) is 13.0. The summed E-state index contributed by atoms with van der Waals surface area (Å²) in [4.78, 5) is 12.2. The lowest BCUT2D eigenvalue weighted by Crippen LogP contribution is -2.38. The number of amides is 1. The Bertz CT molecular complexity index is 654. The van der Waals surface area contributed by atoms with Gasteiger partial charge in [0.1, 0.15) is 12.4 Å². The van der Waals surface area contributed by atoms with Crippen LogP contribution in [-0.4, -0.2) is 19.1 Å². The zero-order valence-electron chi connectivity index (χ0n) is 12.2. The van der Waals surface area contributed by atoms with Crippen LogP contribution in [0.5, 0.6) is 5.75 Å². The summed E-state index contributed by atoms with van der Waals surface area (Å²) in [5.74, 6) is 0.844. The van der Waals surface area contributed by atoms with Crippen LogP contribution in [0, 0.1) is 5.92 Å². The van der Waals surface area contributed by atoms with Crippen molar-refractivity contribution in [3.63, 3.8) is 0 Å². The number of para-hydroxylation sites is 1.